The molecule has 0 saturated carbocycles. The Morgan fingerprint density at radius 2 is 1.78 bits per heavy atom. The van der Waals surface area contributed by atoms with E-state index in [2.05, 4.69) is 98.4 Å². The Labute approximate surface area is 218 Å². The van der Waals surface area contributed by atoms with Crippen LogP contribution in [-0.2, 0) is 6.54 Å². The first-order valence-electron chi connectivity index (χ1n) is 12.6. The average Bonchev–Trinajstić information content (AvgIpc) is 2.93. The molecule has 2 aromatic carbocycles. The summed E-state index contributed by atoms with van der Waals surface area (Å²) < 4.78 is 0. The molecule has 0 amide bonds. The molecule has 0 atom stereocenters. The largest absolute Gasteiger partial charge is 0.355 e. The average molecular weight is 492 g/mol. The molecule has 0 radical (unpaired) electrons. The number of likely N-dealkylation sites (N-methyl/N-ethyl adjacent to an activating group) is 1. The predicted octanol–water partition coefficient (Wildman–Crippen LogP) is 5.42. The van der Waals surface area contributed by atoms with E-state index in [0.717, 1.165) is 72.2 Å². The smallest absolute Gasteiger partial charge is 0.227 e. The Morgan fingerprint density at radius 1 is 0.973 bits per heavy atom. The lowest BCUT2D eigenvalue weighted by molar-refractivity contribution is 0.148. The van der Waals surface area contributed by atoms with E-state index >= 15 is 0 Å². The first kappa shape index (κ1) is 24.6. The van der Waals surface area contributed by atoms with Crippen molar-refractivity contribution in [3.63, 3.8) is 0 Å². The summed E-state index contributed by atoms with van der Waals surface area (Å²) in [5.74, 6) is 0.538. The van der Waals surface area contributed by atoms with Gasteiger partial charge in [-0.2, -0.15) is 0 Å². The summed E-state index contributed by atoms with van der Waals surface area (Å²) in [5.41, 5.74) is 8.01. The van der Waals surface area contributed by atoms with Crippen LogP contribution in [-0.4, -0.2) is 58.0 Å². The highest BCUT2D eigenvalue weighted by Crippen LogP contribution is 2.26. The summed E-state index contributed by atoms with van der Waals surface area (Å²) in [6, 6.07) is 20.7. The van der Waals surface area contributed by atoms with Crippen LogP contribution in [0.3, 0.4) is 0 Å². The minimum atomic E-state index is 0.538. The van der Waals surface area contributed by atoms with Crippen LogP contribution < -0.4 is 10.6 Å². The Balaban J connectivity index is 1.24. The van der Waals surface area contributed by atoms with Gasteiger partial charge in [0, 0.05) is 73.9 Å². The van der Waals surface area contributed by atoms with Crippen molar-refractivity contribution in [2.75, 3.05) is 43.9 Å². The lowest BCUT2D eigenvalue weighted by Gasteiger charge is -2.32. The summed E-state index contributed by atoms with van der Waals surface area (Å²) in [6.07, 6.45) is 5.30. The summed E-state index contributed by atoms with van der Waals surface area (Å²) in [5, 5.41) is 6.82. The molecule has 0 unspecified atom stereocenters. The van der Waals surface area contributed by atoms with Gasteiger partial charge in [0.2, 0.25) is 5.95 Å². The van der Waals surface area contributed by atoms with Crippen molar-refractivity contribution in [3.05, 3.63) is 103 Å². The summed E-state index contributed by atoms with van der Waals surface area (Å²) in [7, 11) is 2.19. The van der Waals surface area contributed by atoms with Crippen LogP contribution in [0.1, 0.15) is 16.7 Å². The first-order valence-corrected chi connectivity index (χ1v) is 12.6. The molecule has 7 nitrogen and oxygen atoms in total. The molecule has 0 spiro atoms. The Bertz CT molecular complexity index is 1340. The standard InChI is InChI=1S/C30H33N7/c1-22-6-11-27(19-29(22)35-30-32-14-12-28(34-30)26-5-4-13-31-20-26)33-23(2)25-9-7-24(8-10-25)21-37-17-15-36(3)16-18-37/h4-14,19-20,33H,2,15-18,21H2,1,3H3,(H,32,34,35). The van der Waals surface area contributed by atoms with Crippen molar-refractivity contribution in [1.29, 1.82) is 0 Å². The molecule has 1 aliphatic rings. The molecule has 1 aliphatic heterocycles. The highest BCUT2D eigenvalue weighted by Gasteiger charge is 2.14. The minimum Gasteiger partial charge on any atom is -0.355 e. The van der Waals surface area contributed by atoms with Gasteiger partial charge < -0.3 is 15.5 Å². The molecule has 188 valence electrons. The van der Waals surface area contributed by atoms with E-state index in [9.17, 15) is 0 Å². The second kappa shape index (κ2) is 11.3. The van der Waals surface area contributed by atoms with E-state index in [1.807, 2.05) is 18.2 Å². The van der Waals surface area contributed by atoms with Crippen LogP contribution in [0, 0.1) is 6.92 Å². The van der Waals surface area contributed by atoms with Gasteiger partial charge in [0.1, 0.15) is 0 Å². The number of hydrogen-bond donors (Lipinski definition) is 2. The van der Waals surface area contributed by atoms with E-state index in [1.54, 1.807) is 18.6 Å². The number of nitrogens with one attached hydrogen (secondary N) is 2. The van der Waals surface area contributed by atoms with Gasteiger partial charge in [0.15, 0.2) is 0 Å². The number of piperazine rings is 1. The lowest BCUT2D eigenvalue weighted by atomic mass is 10.1. The molecule has 0 aliphatic carbocycles. The molecule has 3 heterocycles. The molecule has 37 heavy (non-hydrogen) atoms. The number of hydrogen-bond acceptors (Lipinski definition) is 7. The quantitative estimate of drug-likeness (QED) is 0.341. The molecule has 0 bridgehead atoms. The lowest BCUT2D eigenvalue weighted by Crippen LogP contribution is -2.43. The molecule has 7 heteroatoms. The maximum absolute atomic E-state index is 4.67. The SMILES string of the molecule is C=C(Nc1ccc(C)c(Nc2nccc(-c3cccnc3)n2)c1)c1ccc(CN2CCN(C)CC2)cc1. The fourth-order valence-electron chi connectivity index (χ4n) is 4.37. The first-order chi connectivity index (χ1) is 18.0. The van der Waals surface area contributed by atoms with Gasteiger partial charge in [0.25, 0.3) is 0 Å². The van der Waals surface area contributed by atoms with Gasteiger partial charge in [-0.1, -0.05) is 36.9 Å². The number of nitrogens with zero attached hydrogens (tertiary/aromatic N) is 5. The van der Waals surface area contributed by atoms with E-state index in [4.69, 9.17) is 0 Å². The van der Waals surface area contributed by atoms with Crippen LogP contribution in [0.4, 0.5) is 17.3 Å². The highest BCUT2D eigenvalue weighted by molar-refractivity contribution is 5.78. The number of pyridine rings is 1. The number of aromatic nitrogens is 3. The predicted molar refractivity (Wildman–Crippen MR) is 152 cm³/mol. The van der Waals surface area contributed by atoms with E-state index in [-0.39, 0.29) is 0 Å². The van der Waals surface area contributed by atoms with E-state index < -0.39 is 0 Å². The zero-order chi connectivity index (χ0) is 25.6. The van der Waals surface area contributed by atoms with Crippen LogP contribution in [0.25, 0.3) is 17.0 Å². The molecular formula is C30H33N7. The van der Waals surface area contributed by atoms with Crippen LogP contribution in [0.15, 0.2) is 85.8 Å². The van der Waals surface area contributed by atoms with Crippen molar-refractivity contribution in [3.8, 4) is 11.3 Å². The zero-order valence-corrected chi connectivity index (χ0v) is 21.5. The van der Waals surface area contributed by atoms with Gasteiger partial charge in [-0.25, -0.2) is 9.97 Å². The Morgan fingerprint density at radius 3 is 2.54 bits per heavy atom. The maximum atomic E-state index is 4.67. The van der Waals surface area contributed by atoms with E-state index in [1.165, 1.54) is 5.56 Å². The van der Waals surface area contributed by atoms with Crippen molar-refractivity contribution in [2.24, 2.45) is 0 Å². The molecule has 5 rings (SSSR count). The summed E-state index contributed by atoms with van der Waals surface area (Å²) in [4.78, 5) is 18.2. The Kier molecular flexibility index (Phi) is 7.54. The van der Waals surface area contributed by atoms with Crippen LogP contribution in [0.5, 0.6) is 0 Å². The normalized spacial score (nSPS) is 14.3. The highest BCUT2D eigenvalue weighted by atomic mass is 15.2. The Hall–Kier alpha value is -4.07. The fourth-order valence-corrected chi connectivity index (χ4v) is 4.37. The molecule has 1 fully saturated rings. The van der Waals surface area contributed by atoms with Gasteiger partial charge in [-0.3, -0.25) is 9.88 Å². The van der Waals surface area contributed by atoms with Crippen molar-refractivity contribution < 1.29 is 0 Å². The molecule has 4 aromatic rings. The number of benzene rings is 2. The molecule has 2 aromatic heterocycles. The van der Waals surface area contributed by atoms with Gasteiger partial charge in [-0.05, 0) is 61.0 Å². The summed E-state index contributed by atoms with van der Waals surface area (Å²) in [6.45, 7) is 11.8. The number of rotatable bonds is 8. The third kappa shape index (κ3) is 6.39. The van der Waals surface area contributed by atoms with E-state index in [0.29, 0.717) is 5.95 Å². The van der Waals surface area contributed by atoms with Crippen molar-refractivity contribution >= 4 is 23.0 Å². The van der Waals surface area contributed by atoms with Crippen LogP contribution in [0.2, 0.25) is 0 Å². The topological polar surface area (TPSA) is 69.2 Å². The van der Waals surface area contributed by atoms with Gasteiger partial charge in [-0.15, -0.1) is 0 Å². The third-order valence-electron chi connectivity index (χ3n) is 6.70. The monoisotopic (exact) mass is 491 g/mol. The minimum absolute atomic E-state index is 0.538. The van der Waals surface area contributed by atoms with Crippen molar-refractivity contribution in [1.82, 2.24) is 24.8 Å². The third-order valence-corrected chi connectivity index (χ3v) is 6.70. The number of anilines is 3. The molecule has 2 N–H and O–H groups in total. The van der Waals surface area contributed by atoms with Gasteiger partial charge in [0.05, 0.1) is 5.69 Å². The zero-order valence-electron chi connectivity index (χ0n) is 21.5. The second-order valence-corrected chi connectivity index (χ2v) is 9.54. The second-order valence-electron chi connectivity index (χ2n) is 9.54. The molecular weight excluding hydrogens is 458 g/mol. The number of aryl methyl sites for hydroxylation is 1. The maximum Gasteiger partial charge on any atom is 0.227 e. The molecule has 1 saturated heterocycles. The van der Waals surface area contributed by atoms with Gasteiger partial charge >= 0.3 is 0 Å². The van der Waals surface area contributed by atoms with Crippen LogP contribution >= 0.6 is 0 Å². The fraction of sp³-hybridized carbons (Fsp3) is 0.233. The summed E-state index contributed by atoms with van der Waals surface area (Å²) >= 11 is 0. The van der Waals surface area contributed by atoms with Crippen molar-refractivity contribution in [2.45, 2.75) is 13.5 Å².